The second-order valence-corrected chi connectivity index (χ2v) is 4.93. The number of anilines is 1. The number of carboxylic acid groups (broad SMARTS) is 1. The number of aromatic nitrogens is 1. The lowest BCUT2D eigenvalue weighted by molar-refractivity contribution is 0.0691. The molecule has 1 heterocycles. The molecule has 0 aliphatic carbocycles. The third-order valence-corrected chi connectivity index (χ3v) is 3.17. The molecule has 21 heavy (non-hydrogen) atoms. The van der Waals surface area contributed by atoms with Crippen LogP contribution in [-0.2, 0) is 0 Å². The third-order valence-electron chi connectivity index (χ3n) is 3.17. The van der Waals surface area contributed by atoms with Gasteiger partial charge in [0.1, 0.15) is 5.69 Å². The van der Waals surface area contributed by atoms with Crippen LogP contribution in [0.5, 0.6) is 0 Å². The van der Waals surface area contributed by atoms with Gasteiger partial charge >= 0.3 is 5.97 Å². The Morgan fingerprint density at radius 1 is 1.14 bits per heavy atom. The van der Waals surface area contributed by atoms with Gasteiger partial charge in [-0.1, -0.05) is 17.7 Å². The van der Waals surface area contributed by atoms with Crippen LogP contribution in [0, 0.1) is 20.8 Å². The highest BCUT2D eigenvalue weighted by Crippen LogP contribution is 2.22. The van der Waals surface area contributed by atoms with Crippen molar-refractivity contribution in [3.63, 3.8) is 0 Å². The lowest BCUT2D eigenvalue weighted by Gasteiger charge is -2.13. The average Bonchev–Trinajstić information content (AvgIpc) is 2.42. The molecule has 0 unspecified atom stereocenters. The zero-order valence-electron chi connectivity index (χ0n) is 12.1. The minimum Gasteiger partial charge on any atom is -0.478 e. The monoisotopic (exact) mass is 284 g/mol. The number of amides is 1. The van der Waals surface area contributed by atoms with Crippen LogP contribution in [0.15, 0.2) is 30.5 Å². The Morgan fingerprint density at radius 2 is 1.76 bits per heavy atom. The molecule has 0 saturated heterocycles. The SMILES string of the molecule is Cc1cc(C)c(NC(=O)c2ncccc2C(=O)O)c(C)c1. The highest BCUT2D eigenvalue weighted by molar-refractivity contribution is 6.09. The molecule has 0 fully saturated rings. The Bertz CT molecular complexity index is 700. The molecule has 0 saturated carbocycles. The summed E-state index contributed by atoms with van der Waals surface area (Å²) in [5.74, 6) is -1.70. The summed E-state index contributed by atoms with van der Waals surface area (Å²) in [5, 5.41) is 11.9. The number of rotatable bonds is 3. The van der Waals surface area contributed by atoms with E-state index in [0.29, 0.717) is 5.69 Å². The van der Waals surface area contributed by atoms with Crippen molar-refractivity contribution in [1.82, 2.24) is 4.98 Å². The number of carboxylic acids is 1. The number of carbonyl (C=O) groups is 2. The van der Waals surface area contributed by atoms with E-state index in [1.54, 1.807) is 0 Å². The molecule has 0 radical (unpaired) electrons. The van der Waals surface area contributed by atoms with Crippen molar-refractivity contribution in [3.8, 4) is 0 Å². The van der Waals surface area contributed by atoms with Crippen LogP contribution in [0.2, 0.25) is 0 Å². The Labute approximate surface area is 122 Å². The minimum atomic E-state index is -1.18. The smallest absolute Gasteiger partial charge is 0.338 e. The molecular formula is C16H16N2O3. The van der Waals surface area contributed by atoms with E-state index in [1.165, 1.54) is 18.3 Å². The van der Waals surface area contributed by atoms with Gasteiger partial charge in [-0.05, 0) is 44.0 Å². The standard InChI is InChI=1S/C16H16N2O3/c1-9-7-10(2)13(11(3)8-9)18-15(19)14-12(16(20)21)5-4-6-17-14/h4-8H,1-3H3,(H,18,19)(H,20,21). The molecule has 0 aliphatic rings. The lowest BCUT2D eigenvalue weighted by atomic mass is 10.0. The summed E-state index contributed by atoms with van der Waals surface area (Å²) >= 11 is 0. The maximum absolute atomic E-state index is 12.3. The summed E-state index contributed by atoms with van der Waals surface area (Å²) in [6.07, 6.45) is 1.40. The number of aromatic carboxylic acids is 1. The van der Waals surface area contributed by atoms with E-state index in [1.807, 2.05) is 32.9 Å². The van der Waals surface area contributed by atoms with Gasteiger partial charge in [-0.3, -0.25) is 9.78 Å². The van der Waals surface area contributed by atoms with Gasteiger partial charge in [0.15, 0.2) is 0 Å². The van der Waals surface area contributed by atoms with Gasteiger partial charge < -0.3 is 10.4 Å². The first-order valence-corrected chi connectivity index (χ1v) is 6.47. The molecule has 0 atom stereocenters. The zero-order valence-corrected chi connectivity index (χ0v) is 12.1. The number of nitrogens with one attached hydrogen (secondary N) is 1. The third kappa shape index (κ3) is 3.08. The molecule has 1 aromatic carbocycles. The summed E-state index contributed by atoms with van der Waals surface area (Å²) in [4.78, 5) is 27.3. The molecule has 0 aliphatic heterocycles. The minimum absolute atomic E-state index is 0.0932. The van der Waals surface area contributed by atoms with E-state index in [9.17, 15) is 9.59 Å². The Hall–Kier alpha value is -2.69. The maximum atomic E-state index is 12.3. The van der Waals surface area contributed by atoms with Gasteiger partial charge in [0, 0.05) is 11.9 Å². The van der Waals surface area contributed by atoms with Crippen molar-refractivity contribution in [2.45, 2.75) is 20.8 Å². The number of pyridine rings is 1. The molecule has 5 heteroatoms. The highest BCUT2D eigenvalue weighted by atomic mass is 16.4. The van der Waals surface area contributed by atoms with E-state index in [4.69, 9.17) is 5.11 Å². The zero-order chi connectivity index (χ0) is 15.6. The van der Waals surface area contributed by atoms with Gasteiger partial charge in [0.25, 0.3) is 5.91 Å². The molecule has 2 N–H and O–H groups in total. The first-order chi connectivity index (χ1) is 9.90. The molecule has 0 spiro atoms. The van der Waals surface area contributed by atoms with Crippen LogP contribution < -0.4 is 5.32 Å². The predicted molar refractivity (Wildman–Crippen MR) is 79.8 cm³/mol. The van der Waals surface area contributed by atoms with Gasteiger partial charge in [-0.2, -0.15) is 0 Å². The average molecular weight is 284 g/mol. The van der Waals surface area contributed by atoms with Crippen LogP contribution in [0.25, 0.3) is 0 Å². The number of carbonyl (C=O) groups excluding carboxylic acids is 1. The number of hydrogen-bond acceptors (Lipinski definition) is 3. The van der Waals surface area contributed by atoms with Gasteiger partial charge in [0.05, 0.1) is 5.56 Å². The van der Waals surface area contributed by atoms with Gasteiger partial charge in [-0.15, -0.1) is 0 Å². The summed E-state index contributed by atoms with van der Waals surface area (Å²) in [6.45, 7) is 5.77. The molecule has 0 bridgehead atoms. The molecule has 1 aromatic heterocycles. The van der Waals surface area contributed by atoms with Crippen LogP contribution in [0.4, 0.5) is 5.69 Å². The van der Waals surface area contributed by atoms with Crippen LogP contribution in [0.3, 0.4) is 0 Å². The number of benzene rings is 1. The summed E-state index contributed by atoms with van der Waals surface area (Å²) in [6, 6.07) is 6.76. The van der Waals surface area contributed by atoms with Crippen molar-refractivity contribution in [3.05, 3.63) is 58.4 Å². The Kier molecular flexibility index (Phi) is 4.03. The molecule has 5 nitrogen and oxygen atoms in total. The second-order valence-electron chi connectivity index (χ2n) is 4.93. The topological polar surface area (TPSA) is 79.3 Å². The highest BCUT2D eigenvalue weighted by Gasteiger charge is 2.18. The molecule has 2 aromatic rings. The summed E-state index contributed by atoms with van der Waals surface area (Å²) < 4.78 is 0. The lowest BCUT2D eigenvalue weighted by Crippen LogP contribution is -2.19. The fourth-order valence-corrected chi connectivity index (χ4v) is 2.31. The van der Waals surface area contributed by atoms with Crippen molar-refractivity contribution < 1.29 is 14.7 Å². The van der Waals surface area contributed by atoms with Crippen LogP contribution >= 0.6 is 0 Å². The van der Waals surface area contributed by atoms with E-state index in [0.717, 1.165) is 16.7 Å². The van der Waals surface area contributed by atoms with E-state index in [2.05, 4.69) is 10.3 Å². The fourth-order valence-electron chi connectivity index (χ4n) is 2.31. The summed E-state index contributed by atoms with van der Waals surface area (Å²) in [7, 11) is 0. The van der Waals surface area contributed by atoms with E-state index >= 15 is 0 Å². The predicted octanol–water partition coefficient (Wildman–Crippen LogP) is 2.96. The van der Waals surface area contributed by atoms with Crippen molar-refractivity contribution in [1.29, 1.82) is 0 Å². The first-order valence-electron chi connectivity index (χ1n) is 6.47. The number of nitrogens with zero attached hydrogens (tertiary/aromatic N) is 1. The van der Waals surface area contributed by atoms with E-state index in [-0.39, 0.29) is 11.3 Å². The Balaban J connectivity index is 2.38. The number of hydrogen-bond donors (Lipinski definition) is 2. The summed E-state index contributed by atoms with van der Waals surface area (Å²) in [5.41, 5.74) is 3.43. The Morgan fingerprint density at radius 3 is 2.33 bits per heavy atom. The fraction of sp³-hybridized carbons (Fsp3) is 0.188. The first kappa shape index (κ1) is 14.7. The van der Waals surface area contributed by atoms with Crippen LogP contribution in [-0.4, -0.2) is 22.0 Å². The normalized spacial score (nSPS) is 10.2. The maximum Gasteiger partial charge on any atom is 0.338 e. The molecule has 1 amide bonds. The van der Waals surface area contributed by atoms with Crippen LogP contribution in [0.1, 0.15) is 37.5 Å². The van der Waals surface area contributed by atoms with E-state index < -0.39 is 11.9 Å². The quantitative estimate of drug-likeness (QED) is 0.908. The number of aryl methyl sites for hydroxylation is 3. The molecule has 2 rings (SSSR count). The largest absolute Gasteiger partial charge is 0.478 e. The van der Waals surface area contributed by atoms with Crippen molar-refractivity contribution in [2.24, 2.45) is 0 Å². The van der Waals surface area contributed by atoms with Gasteiger partial charge in [0.2, 0.25) is 0 Å². The second kappa shape index (κ2) is 5.75. The van der Waals surface area contributed by atoms with Crippen molar-refractivity contribution >= 4 is 17.6 Å². The van der Waals surface area contributed by atoms with Gasteiger partial charge in [-0.25, -0.2) is 4.79 Å². The molecular weight excluding hydrogens is 268 g/mol. The van der Waals surface area contributed by atoms with Crippen molar-refractivity contribution in [2.75, 3.05) is 5.32 Å². The molecule has 108 valence electrons.